The number of hydrogen-bond acceptors (Lipinski definition) is 6. The van der Waals surface area contributed by atoms with Gasteiger partial charge in [0.05, 0.1) is 36.8 Å². The number of benzene rings is 2. The van der Waals surface area contributed by atoms with Gasteiger partial charge in [0.2, 0.25) is 0 Å². The Kier molecular flexibility index (Phi) is 6.11. The predicted molar refractivity (Wildman–Crippen MR) is 93.4 cm³/mol. The van der Waals surface area contributed by atoms with Gasteiger partial charge in [-0.25, -0.2) is 0 Å². The maximum absolute atomic E-state index is 12.1. The lowest BCUT2D eigenvalue weighted by molar-refractivity contribution is -0.385. The molecular formula is C18H17N3O5. The molecule has 0 unspecified atom stereocenters. The molecule has 2 aromatic carbocycles. The Labute approximate surface area is 150 Å². The van der Waals surface area contributed by atoms with Gasteiger partial charge in [-0.3, -0.25) is 14.9 Å². The minimum absolute atomic E-state index is 0.102. The van der Waals surface area contributed by atoms with Crippen LogP contribution in [0, 0.1) is 21.4 Å². The highest BCUT2D eigenvalue weighted by Gasteiger charge is 2.19. The number of nitro groups is 1. The van der Waals surface area contributed by atoms with Crippen LogP contribution in [0.5, 0.6) is 11.5 Å². The molecule has 26 heavy (non-hydrogen) atoms. The summed E-state index contributed by atoms with van der Waals surface area (Å²) in [7, 11) is 2.85. The normalized spacial score (nSPS) is 9.88. The van der Waals surface area contributed by atoms with Gasteiger partial charge < -0.3 is 14.8 Å². The Morgan fingerprint density at radius 1 is 1.19 bits per heavy atom. The van der Waals surface area contributed by atoms with Gasteiger partial charge >= 0.3 is 0 Å². The average Bonchev–Trinajstić information content (AvgIpc) is 2.67. The third-order valence-corrected chi connectivity index (χ3v) is 3.74. The van der Waals surface area contributed by atoms with E-state index in [1.54, 1.807) is 24.3 Å². The molecule has 0 saturated carbocycles. The maximum Gasteiger partial charge on any atom is 0.276 e. The smallest absolute Gasteiger partial charge is 0.276 e. The van der Waals surface area contributed by atoms with E-state index in [4.69, 9.17) is 14.7 Å². The second-order valence-corrected chi connectivity index (χ2v) is 5.29. The highest BCUT2D eigenvalue weighted by molar-refractivity contribution is 5.94. The molecule has 0 aromatic heterocycles. The molecule has 0 heterocycles. The largest absolute Gasteiger partial charge is 0.493 e. The van der Waals surface area contributed by atoms with Gasteiger partial charge in [-0.1, -0.05) is 0 Å². The van der Waals surface area contributed by atoms with E-state index in [-0.39, 0.29) is 30.3 Å². The van der Waals surface area contributed by atoms with E-state index in [2.05, 4.69) is 5.32 Å². The third kappa shape index (κ3) is 4.27. The van der Waals surface area contributed by atoms with E-state index >= 15 is 0 Å². The minimum atomic E-state index is -0.500. The van der Waals surface area contributed by atoms with Crippen LogP contribution in [-0.4, -0.2) is 31.6 Å². The molecule has 1 N–H and O–H groups in total. The molecule has 8 nitrogen and oxygen atoms in total. The van der Waals surface area contributed by atoms with Gasteiger partial charge in [0.1, 0.15) is 0 Å². The van der Waals surface area contributed by atoms with E-state index in [1.807, 2.05) is 6.07 Å². The minimum Gasteiger partial charge on any atom is -0.493 e. The number of nitrogens with one attached hydrogen (secondary N) is 1. The van der Waals surface area contributed by atoms with Crippen LogP contribution in [0.4, 0.5) is 5.69 Å². The van der Waals surface area contributed by atoms with Crippen molar-refractivity contribution in [1.82, 2.24) is 5.32 Å². The highest BCUT2D eigenvalue weighted by atomic mass is 16.6. The summed E-state index contributed by atoms with van der Waals surface area (Å²) in [5, 5.41) is 22.7. The second-order valence-electron chi connectivity index (χ2n) is 5.29. The zero-order chi connectivity index (χ0) is 19.1. The first-order valence-electron chi connectivity index (χ1n) is 7.67. The number of ether oxygens (including phenoxy) is 2. The van der Waals surface area contributed by atoms with E-state index < -0.39 is 4.92 Å². The Morgan fingerprint density at radius 3 is 2.35 bits per heavy atom. The summed E-state index contributed by atoms with van der Waals surface area (Å²) in [6.45, 7) is 0.204. The SMILES string of the molecule is COc1cc(CCNC(=O)c2ccc(C#N)cc2)c([N+](=O)[O-])cc1OC. The van der Waals surface area contributed by atoms with Crippen LogP contribution >= 0.6 is 0 Å². The Morgan fingerprint density at radius 2 is 1.81 bits per heavy atom. The molecule has 134 valence electrons. The number of hydrogen-bond donors (Lipinski definition) is 1. The summed E-state index contributed by atoms with van der Waals surface area (Å²) in [6.07, 6.45) is 0.249. The van der Waals surface area contributed by atoms with Gasteiger partial charge in [0.15, 0.2) is 11.5 Å². The first kappa shape index (κ1) is 18.7. The van der Waals surface area contributed by atoms with Crippen molar-refractivity contribution in [3.63, 3.8) is 0 Å². The number of rotatable bonds is 7. The van der Waals surface area contributed by atoms with E-state index in [1.165, 1.54) is 26.4 Å². The fourth-order valence-corrected chi connectivity index (χ4v) is 2.39. The van der Waals surface area contributed by atoms with Gasteiger partial charge in [0.25, 0.3) is 11.6 Å². The van der Waals surface area contributed by atoms with Crippen molar-refractivity contribution in [3.05, 3.63) is 63.2 Å². The van der Waals surface area contributed by atoms with E-state index in [9.17, 15) is 14.9 Å². The molecule has 1 amide bonds. The standard InChI is InChI=1S/C18H17N3O5/c1-25-16-9-14(15(21(23)24)10-17(16)26-2)7-8-20-18(22)13-5-3-12(11-19)4-6-13/h3-6,9-10H,7-8H2,1-2H3,(H,20,22). The Balaban J connectivity index is 2.09. The van der Waals surface area contributed by atoms with Crippen molar-refractivity contribution in [3.8, 4) is 17.6 Å². The van der Waals surface area contributed by atoms with Crippen molar-refractivity contribution in [2.24, 2.45) is 0 Å². The van der Waals surface area contributed by atoms with Crippen LogP contribution in [0.3, 0.4) is 0 Å². The lowest BCUT2D eigenvalue weighted by atomic mass is 10.1. The number of nitrogens with zero attached hydrogens (tertiary/aromatic N) is 2. The molecule has 2 aromatic rings. The van der Waals surface area contributed by atoms with Crippen LogP contribution in [0.1, 0.15) is 21.5 Å². The van der Waals surface area contributed by atoms with Crippen molar-refractivity contribution in [1.29, 1.82) is 5.26 Å². The zero-order valence-electron chi connectivity index (χ0n) is 14.3. The first-order chi connectivity index (χ1) is 12.5. The van der Waals surface area contributed by atoms with Crippen molar-refractivity contribution >= 4 is 11.6 Å². The zero-order valence-corrected chi connectivity index (χ0v) is 14.3. The summed E-state index contributed by atoms with van der Waals surface area (Å²) in [5.74, 6) is 0.328. The van der Waals surface area contributed by atoms with Crippen molar-refractivity contribution in [2.75, 3.05) is 20.8 Å². The predicted octanol–water partition coefficient (Wildman–Crippen LogP) is 2.46. The molecule has 0 atom stereocenters. The number of amides is 1. The molecular weight excluding hydrogens is 338 g/mol. The van der Waals surface area contributed by atoms with Gasteiger partial charge in [-0.05, 0) is 36.8 Å². The van der Waals surface area contributed by atoms with E-state index in [0.29, 0.717) is 22.4 Å². The van der Waals surface area contributed by atoms with Crippen LogP contribution in [-0.2, 0) is 6.42 Å². The number of nitro benzene ring substituents is 1. The molecule has 8 heteroatoms. The molecule has 0 bridgehead atoms. The first-order valence-corrected chi connectivity index (χ1v) is 7.67. The molecule has 0 spiro atoms. The fraction of sp³-hybridized carbons (Fsp3) is 0.222. The van der Waals surface area contributed by atoms with Gasteiger partial charge in [0, 0.05) is 17.7 Å². The van der Waals surface area contributed by atoms with E-state index in [0.717, 1.165) is 0 Å². The average molecular weight is 355 g/mol. The van der Waals surface area contributed by atoms with Gasteiger partial charge in [-0.15, -0.1) is 0 Å². The quantitative estimate of drug-likeness (QED) is 0.603. The monoisotopic (exact) mass is 355 g/mol. The summed E-state index contributed by atoms with van der Waals surface area (Å²) in [6, 6.07) is 11.0. The molecule has 0 fully saturated rings. The molecule has 0 radical (unpaired) electrons. The van der Waals surface area contributed by atoms with Crippen LogP contribution in [0.2, 0.25) is 0 Å². The molecule has 0 aliphatic carbocycles. The fourth-order valence-electron chi connectivity index (χ4n) is 2.39. The summed E-state index contributed by atoms with van der Waals surface area (Å²) in [5.41, 5.74) is 1.19. The Bertz CT molecular complexity index is 856. The Hall–Kier alpha value is -3.60. The van der Waals surface area contributed by atoms with Crippen molar-refractivity contribution < 1.29 is 19.2 Å². The lowest BCUT2D eigenvalue weighted by Gasteiger charge is -2.11. The lowest BCUT2D eigenvalue weighted by Crippen LogP contribution is -2.25. The molecule has 2 rings (SSSR count). The highest BCUT2D eigenvalue weighted by Crippen LogP contribution is 2.34. The second kappa shape index (κ2) is 8.48. The van der Waals surface area contributed by atoms with Crippen LogP contribution in [0.25, 0.3) is 0 Å². The topological polar surface area (TPSA) is 114 Å². The maximum atomic E-state index is 12.1. The molecule has 0 aliphatic rings. The molecule has 0 aliphatic heterocycles. The number of carbonyl (C=O) groups is 1. The third-order valence-electron chi connectivity index (χ3n) is 3.74. The van der Waals surface area contributed by atoms with Gasteiger partial charge in [-0.2, -0.15) is 5.26 Å². The number of methoxy groups -OCH3 is 2. The summed E-state index contributed by atoms with van der Waals surface area (Å²) < 4.78 is 10.2. The number of nitriles is 1. The molecule has 0 saturated heterocycles. The number of carbonyl (C=O) groups excluding carboxylic acids is 1. The summed E-state index contributed by atoms with van der Waals surface area (Å²) >= 11 is 0. The summed E-state index contributed by atoms with van der Waals surface area (Å²) in [4.78, 5) is 22.9. The van der Waals surface area contributed by atoms with Crippen LogP contribution < -0.4 is 14.8 Å². The van der Waals surface area contributed by atoms with Crippen LogP contribution in [0.15, 0.2) is 36.4 Å². The van der Waals surface area contributed by atoms with Crippen molar-refractivity contribution in [2.45, 2.75) is 6.42 Å².